The SMILES string of the molecule is CCCCCCCC/C=C\CCc1ccc(Br)cc1. The van der Waals surface area contributed by atoms with Gasteiger partial charge in [0.2, 0.25) is 0 Å². The summed E-state index contributed by atoms with van der Waals surface area (Å²) in [4.78, 5) is 0. The van der Waals surface area contributed by atoms with Crippen LogP contribution >= 0.6 is 15.9 Å². The van der Waals surface area contributed by atoms with Crippen LogP contribution in [-0.4, -0.2) is 0 Å². The number of hydrogen-bond acceptors (Lipinski definition) is 0. The van der Waals surface area contributed by atoms with Crippen LogP contribution in [0.2, 0.25) is 0 Å². The Kier molecular flexibility index (Phi) is 9.79. The fraction of sp³-hybridized carbons (Fsp3) is 0.556. The molecule has 106 valence electrons. The van der Waals surface area contributed by atoms with Crippen molar-refractivity contribution in [3.05, 3.63) is 46.5 Å². The molecule has 0 saturated carbocycles. The fourth-order valence-corrected chi connectivity index (χ4v) is 2.44. The van der Waals surface area contributed by atoms with E-state index in [2.05, 4.69) is 59.3 Å². The Labute approximate surface area is 127 Å². The van der Waals surface area contributed by atoms with Gasteiger partial charge in [0.25, 0.3) is 0 Å². The zero-order chi connectivity index (χ0) is 13.8. The van der Waals surface area contributed by atoms with Gasteiger partial charge < -0.3 is 0 Å². The predicted molar refractivity (Wildman–Crippen MR) is 89.6 cm³/mol. The van der Waals surface area contributed by atoms with Crippen molar-refractivity contribution in [3.8, 4) is 0 Å². The molecule has 0 heterocycles. The molecule has 0 bridgehead atoms. The van der Waals surface area contributed by atoms with Crippen LogP contribution in [0.4, 0.5) is 0 Å². The van der Waals surface area contributed by atoms with Gasteiger partial charge in [-0.05, 0) is 43.4 Å². The van der Waals surface area contributed by atoms with Gasteiger partial charge in [0.05, 0.1) is 0 Å². The minimum Gasteiger partial charge on any atom is -0.0885 e. The van der Waals surface area contributed by atoms with Crippen molar-refractivity contribution in [2.24, 2.45) is 0 Å². The van der Waals surface area contributed by atoms with Crippen LogP contribution in [0.15, 0.2) is 40.9 Å². The Hall–Kier alpha value is -0.560. The van der Waals surface area contributed by atoms with Crippen molar-refractivity contribution in [2.75, 3.05) is 0 Å². The first-order valence-electron chi connectivity index (χ1n) is 7.72. The molecule has 0 atom stereocenters. The summed E-state index contributed by atoms with van der Waals surface area (Å²) < 4.78 is 1.16. The summed E-state index contributed by atoms with van der Waals surface area (Å²) in [5.41, 5.74) is 1.42. The lowest BCUT2D eigenvalue weighted by Gasteiger charge is -1.99. The lowest BCUT2D eigenvalue weighted by Crippen LogP contribution is -1.82. The summed E-state index contributed by atoms with van der Waals surface area (Å²) in [7, 11) is 0. The number of hydrogen-bond donors (Lipinski definition) is 0. The van der Waals surface area contributed by atoms with Crippen LogP contribution in [0.3, 0.4) is 0 Å². The number of unbranched alkanes of at least 4 members (excludes halogenated alkanes) is 6. The molecule has 1 heteroatoms. The van der Waals surface area contributed by atoms with Crippen LogP contribution in [0, 0.1) is 0 Å². The third-order valence-corrected chi connectivity index (χ3v) is 3.93. The Morgan fingerprint density at radius 3 is 2.21 bits per heavy atom. The molecule has 1 rings (SSSR count). The van der Waals surface area contributed by atoms with E-state index in [1.54, 1.807) is 0 Å². The Morgan fingerprint density at radius 2 is 1.47 bits per heavy atom. The van der Waals surface area contributed by atoms with Gasteiger partial charge in [0.15, 0.2) is 0 Å². The van der Waals surface area contributed by atoms with E-state index >= 15 is 0 Å². The summed E-state index contributed by atoms with van der Waals surface area (Å²) in [5.74, 6) is 0. The van der Waals surface area contributed by atoms with Gasteiger partial charge in [-0.15, -0.1) is 0 Å². The number of allylic oxidation sites excluding steroid dienone is 2. The molecule has 0 amide bonds. The maximum absolute atomic E-state index is 3.46. The molecule has 0 spiro atoms. The minimum absolute atomic E-state index is 1.15. The molecule has 0 unspecified atom stereocenters. The fourth-order valence-electron chi connectivity index (χ4n) is 2.18. The van der Waals surface area contributed by atoms with E-state index in [0.717, 1.165) is 17.3 Å². The molecule has 0 fully saturated rings. The first-order chi connectivity index (χ1) is 9.33. The maximum atomic E-state index is 3.46. The first-order valence-corrected chi connectivity index (χ1v) is 8.51. The number of aryl methyl sites for hydroxylation is 1. The third-order valence-electron chi connectivity index (χ3n) is 3.40. The second-order valence-corrected chi connectivity index (χ2v) is 6.11. The third kappa shape index (κ3) is 9.04. The van der Waals surface area contributed by atoms with E-state index < -0.39 is 0 Å². The van der Waals surface area contributed by atoms with Crippen molar-refractivity contribution in [3.63, 3.8) is 0 Å². The highest BCUT2D eigenvalue weighted by Crippen LogP contribution is 2.12. The minimum atomic E-state index is 1.15. The molecule has 1 aromatic rings. The lowest BCUT2D eigenvalue weighted by atomic mass is 10.1. The summed E-state index contributed by atoms with van der Waals surface area (Å²) in [6, 6.07) is 8.64. The first kappa shape index (κ1) is 16.5. The second kappa shape index (κ2) is 11.3. The molecular weight excluding hydrogens is 296 g/mol. The highest BCUT2D eigenvalue weighted by molar-refractivity contribution is 9.10. The van der Waals surface area contributed by atoms with Crippen molar-refractivity contribution in [2.45, 2.75) is 64.7 Å². The smallest absolute Gasteiger partial charge is 0.0175 e. The second-order valence-electron chi connectivity index (χ2n) is 5.19. The lowest BCUT2D eigenvalue weighted by molar-refractivity contribution is 0.611. The number of halogens is 1. The van der Waals surface area contributed by atoms with E-state index in [0.29, 0.717) is 0 Å². The zero-order valence-electron chi connectivity index (χ0n) is 12.2. The summed E-state index contributed by atoms with van der Waals surface area (Å²) in [6.07, 6.45) is 16.6. The van der Waals surface area contributed by atoms with Gasteiger partial charge in [-0.1, -0.05) is 79.2 Å². The molecule has 0 radical (unpaired) electrons. The van der Waals surface area contributed by atoms with E-state index in [1.807, 2.05) is 0 Å². The standard InChI is InChI=1S/C18H27Br/c1-2-3-4-5-6-7-8-9-10-11-12-17-13-15-18(19)16-14-17/h9-10,13-16H,2-8,11-12H2,1H3/b10-9-. The highest BCUT2D eigenvalue weighted by atomic mass is 79.9. The largest absolute Gasteiger partial charge is 0.0885 e. The van der Waals surface area contributed by atoms with E-state index in [1.165, 1.54) is 50.5 Å². The van der Waals surface area contributed by atoms with Crippen LogP contribution in [0.1, 0.15) is 63.9 Å². The zero-order valence-corrected chi connectivity index (χ0v) is 13.8. The van der Waals surface area contributed by atoms with Gasteiger partial charge in [0.1, 0.15) is 0 Å². The van der Waals surface area contributed by atoms with Crippen molar-refractivity contribution in [1.29, 1.82) is 0 Å². The van der Waals surface area contributed by atoms with Crippen LogP contribution in [-0.2, 0) is 6.42 Å². The van der Waals surface area contributed by atoms with Crippen molar-refractivity contribution in [1.82, 2.24) is 0 Å². The molecule has 0 aromatic heterocycles. The Balaban J connectivity index is 1.97. The van der Waals surface area contributed by atoms with Crippen LogP contribution < -0.4 is 0 Å². The number of rotatable bonds is 10. The summed E-state index contributed by atoms with van der Waals surface area (Å²) >= 11 is 3.46. The average molecular weight is 323 g/mol. The molecule has 19 heavy (non-hydrogen) atoms. The molecule has 0 aliphatic heterocycles. The maximum Gasteiger partial charge on any atom is 0.0175 e. The molecule has 0 saturated heterocycles. The van der Waals surface area contributed by atoms with Gasteiger partial charge >= 0.3 is 0 Å². The normalized spacial score (nSPS) is 11.3. The Bertz CT molecular complexity index is 337. The van der Waals surface area contributed by atoms with Crippen LogP contribution in [0.5, 0.6) is 0 Å². The molecule has 1 aromatic carbocycles. The molecular formula is C18H27Br. The van der Waals surface area contributed by atoms with Gasteiger partial charge in [-0.2, -0.15) is 0 Å². The average Bonchev–Trinajstić information content (AvgIpc) is 2.43. The quantitative estimate of drug-likeness (QED) is 0.332. The van der Waals surface area contributed by atoms with Gasteiger partial charge in [0, 0.05) is 4.47 Å². The molecule has 0 nitrogen and oxygen atoms in total. The Morgan fingerprint density at radius 1 is 0.842 bits per heavy atom. The summed E-state index contributed by atoms with van der Waals surface area (Å²) in [5, 5.41) is 0. The van der Waals surface area contributed by atoms with Crippen LogP contribution in [0.25, 0.3) is 0 Å². The van der Waals surface area contributed by atoms with Crippen molar-refractivity contribution >= 4 is 15.9 Å². The predicted octanol–water partition coefficient (Wildman–Crippen LogP) is 6.69. The van der Waals surface area contributed by atoms with Gasteiger partial charge in [-0.3, -0.25) is 0 Å². The van der Waals surface area contributed by atoms with Gasteiger partial charge in [-0.25, -0.2) is 0 Å². The van der Waals surface area contributed by atoms with E-state index in [9.17, 15) is 0 Å². The molecule has 0 N–H and O–H groups in total. The topological polar surface area (TPSA) is 0 Å². The number of benzene rings is 1. The van der Waals surface area contributed by atoms with E-state index in [-0.39, 0.29) is 0 Å². The highest BCUT2D eigenvalue weighted by Gasteiger charge is 1.91. The molecule has 0 aliphatic rings. The molecule has 0 aliphatic carbocycles. The van der Waals surface area contributed by atoms with E-state index in [4.69, 9.17) is 0 Å². The summed E-state index contributed by atoms with van der Waals surface area (Å²) in [6.45, 7) is 2.27. The van der Waals surface area contributed by atoms with Crippen molar-refractivity contribution < 1.29 is 0 Å². The monoisotopic (exact) mass is 322 g/mol.